The van der Waals surface area contributed by atoms with E-state index in [-0.39, 0.29) is 37.0 Å². The summed E-state index contributed by atoms with van der Waals surface area (Å²) in [6.45, 7) is 2.73. The number of imide groups is 1. The summed E-state index contributed by atoms with van der Waals surface area (Å²) in [6.07, 6.45) is -1.39. The molecule has 0 aliphatic carbocycles. The highest BCUT2D eigenvalue weighted by molar-refractivity contribution is 6.00. The highest BCUT2D eigenvalue weighted by atomic mass is 19.1. The van der Waals surface area contributed by atoms with Crippen LogP contribution in [0.5, 0.6) is 0 Å². The van der Waals surface area contributed by atoms with Gasteiger partial charge in [-0.1, -0.05) is 6.07 Å². The molecule has 35 heavy (non-hydrogen) atoms. The molecule has 3 saturated heterocycles. The number of aryl methyl sites for hydroxylation is 1. The number of piperazine rings is 1. The number of para-hydroxylation sites is 1. The molecule has 2 N–H and O–H groups in total. The average Bonchev–Trinajstić information content (AvgIpc) is 3.09. The number of benzene rings is 1. The number of nitrogens with one attached hydrogen (secondary N) is 1. The molecule has 1 unspecified atom stereocenters. The zero-order valence-electron chi connectivity index (χ0n) is 19.5. The summed E-state index contributed by atoms with van der Waals surface area (Å²) in [6, 6.07) is 4.56. The van der Waals surface area contributed by atoms with E-state index in [2.05, 4.69) is 15.1 Å². The number of imidazole rings is 1. The number of hydrogen-bond acceptors (Lipinski definition) is 6. The minimum atomic E-state index is -1.22. The van der Waals surface area contributed by atoms with Crippen molar-refractivity contribution in [1.29, 1.82) is 0 Å². The summed E-state index contributed by atoms with van der Waals surface area (Å²) in [5, 5.41) is 11.5. The summed E-state index contributed by atoms with van der Waals surface area (Å²) in [5.74, 6) is -0.799. The Balaban J connectivity index is 1.36. The molecule has 4 heterocycles. The van der Waals surface area contributed by atoms with Crippen LogP contribution in [0.4, 0.5) is 14.9 Å². The van der Waals surface area contributed by atoms with E-state index in [4.69, 9.17) is 5.11 Å². The van der Waals surface area contributed by atoms with Gasteiger partial charge < -0.3 is 14.9 Å². The van der Waals surface area contributed by atoms with Crippen LogP contribution in [-0.2, 0) is 16.6 Å². The molecule has 2 aromatic rings. The van der Waals surface area contributed by atoms with Crippen molar-refractivity contribution in [2.45, 2.75) is 37.5 Å². The van der Waals surface area contributed by atoms with Crippen LogP contribution in [0, 0.1) is 0 Å². The number of carbonyl (C=O) groups is 3. The van der Waals surface area contributed by atoms with E-state index < -0.39 is 24.2 Å². The molecule has 3 atom stereocenters. The first-order valence-corrected chi connectivity index (χ1v) is 11.9. The lowest BCUT2D eigenvalue weighted by Gasteiger charge is -2.44. The van der Waals surface area contributed by atoms with Crippen molar-refractivity contribution >= 4 is 34.6 Å². The lowest BCUT2D eigenvalue weighted by atomic mass is 10.0. The first kappa shape index (κ1) is 23.3. The Bertz CT molecular complexity index is 1230. The van der Waals surface area contributed by atoms with Crippen LogP contribution in [0.15, 0.2) is 23.0 Å². The fourth-order valence-electron chi connectivity index (χ4n) is 5.67. The predicted molar refractivity (Wildman–Crippen MR) is 125 cm³/mol. The second kappa shape index (κ2) is 8.99. The van der Waals surface area contributed by atoms with Crippen molar-refractivity contribution < 1.29 is 23.9 Å². The van der Waals surface area contributed by atoms with Crippen molar-refractivity contribution in [3.8, 4) is 0 Å². The fourth-order valence-corrected chi connectivity index (χ4v) is 5.67. The molecule has 0 saturated carbocycles. The van der Waals surface area contributed by atoms with Gasteiger partial charge in [-0.3, -0.25) is 28.9 Å². The standard InChI is InChI=1S/C23H29FN6O5/c1-26-20-16(3-2-4-17(20)30(22(26)33)18-5-6-19(31)25-21(18)32)28-11-9-27(10-12-28)15-7-8-29(23(34)35)13-14(15)24/h2-4,14-15,18H,5-13H2,1H3,(H,34,35)(H,25,31,32)/t14-,15+,18?/m0/s1. The molecule has 12 heteroatoms. The summed E-state index contributed by atoms with van der Waals surface area (Å²) in [4.78, 5) is 53.8. The average molecular weight is 489 g/mol. The van der Waals surface area contributed by atoms with Crippen LogP contribution in [0.3, 0.4) is 0 Å². The molecule has 1 aromatic heterocycles. The third kappa shape index (κ3) is 4.05. The molecular weight excluding hydrogens is 459 g/mol. The topological polar surface area (TPSA) is 120 Å². The maximum absolute atomic E-state index is 14.7. The zero-order valence-corrected chi connectivity index (χ0v) is 19.5. The minimum Gasteiger partial charge on any atom is -0.465 e. The Morgan fingerprint density at radius 2 is 1.83 bits per heavy atom. The van der Waals surface area contributed by atoms with Gasteiger partial charge in [-0.25, -0.2) is 14.0 Å². The molecule has 188 valence electrons. The molecule has 0 radical (unpaired) electrons. The number of aromatic nitrogens is 2. The molecule has 1 aromatic carbocycles. The molecule has 3 fully saturated rings. The number of likely N-dealkylation sites (tertiary alicyclic amines) is 1. The first-order valence-electron chi connectivity index (χ1n) is 11.9. The third-order valence-electron chi connectivity index (χ3n) is 7.50. The van der Waals surface area contributed by atoms with Crippen molar-refractivity contribution in [2.24, 2.45) is 7.05 Å². The van der Waals surface area contributed by atoms with Gasteiger partial charge in [0.25, 0.3) is 0 Å². The van der Waals surface area contributed by atoms with Crippen LogP contribution in [-0.4, -0.2) is 93.4 Å². The number of amides is 3. The summed E-state index contributed by atoms with van der Waals surface area (Å²) in [7, 11) is 1.68. The van der Waals surface area contributed by atoms with Crippen LogP contribution in [0.1, 0.15) is 25.3 Å². The Kier molecular flexibility index (Phi) is 5.99. The minimum absolute atomic E-state index is 0.102. The molecule has 0 bridgehead atoms. The Morgan fingerprint density at radius 3 is 2.49 bits per heavy atom. The number of rotatable bonds is 3. The molecule has 3 aliphatic rings. The molecule has 0 spiro atoms. The van der Waals surface area contributed by atoms with Gasteiger partial charge in [-0.15, -0.1) is 0 Å². The number of alkyl halides is 1. The predicted octanol–water partition coefficient (Wildman–Crippen LogP) is 0.530. The third-order valence-corrected chi connectivity index (χ3v) is 7.50. The number of carboxylic acid groups (broad SMARTS) is 1. The molecule has 5 rings (SSSR count). The van der Waals surface area contributed by atoms with E-state index in [9.17, 15) is 23.6 Å². The van der Waals surface area contributed by atoms with Crippen molar-refractivity contribution in [3.05, 3.63) is 28.7 Å². The SMILES string of the molecule is Cn1c(=O)n(C2CCC(=O)NC2=O)c2cccc(N3CCN([C@@H]4CCN(C(=O)O)C[C@@H]4F)CC3)c21. The van der Waals surface area contributed by atoms with Gasteiger partial charge in [0.1, 0.15) is 12.2 Å². The van der Waals surface area contributed by atoms with Gasteiger partial charge in [-0.05, 0) is 25.0 Å². The van der Waals surface area contributed by atoms with Gasteiger partial charge in [-0.2, -0.15) is 0 Å². The second-order valence-corrected chi connectivity index (χ2v) is 9.45. The Labute approximate surface area is 200 Å². The lowest BCUT2D eigenvalue weighted by Crippen LogP contribution is -2.58. The van der Waals surface area contributed by atoms with Crippen molar-refractivity contribution in [1.82, 2.24) is 24.3 Å². The Hall–Kier alpha value is -3.41. The van der Waals surface area contributed by atoms with Gasteiger partial charge in [0.2, 0.25) is 11.8 Å². The van der Waals surface area contributed by atoms with Gasteiger partial charge in [0, 0.05) is 52.2 Å². The van der Waals surface area contributed by atoms with Gasteiger partial charge >= 0.3 is 11.8 Å². The fraction of sp³-hybridized carbons (Fsp3) is 0.565. The number of hydrogen-bond donors (Lipinski definition) is 2. The number of carbonyl (C=O) groups excluding carboxylic acids is 2. The Morgan fingerprint density at radius 1 is 1.09 bits per heavy atom. The van der Waals surface area contributed by atoms with E-state index in [1.165, 1.54) is 4.57 Å². The number of nitrogens with zero attached hydrogens (tertiary/aromatic N) is 5. The lowest BCUT2D eigenvalue weighted by molar-refractivity contribution is -0.135. The quantitative estimate of drug-likeness (QED) is 0.605. The first-order chi connectivity index (χ1) is 16.8. The highest BCUT2D eigenvalue weighted by Gasteiger charge is 2.37. The molecule has 11 nitrogen and oxygen atoms in total. The summed E-state index contributed by atoms with van der Waals surface area (Å²) in [5.41, 5.74) is 1.90. The van der Waals surface area contributed by atoms with Gasteiger partial charge in [0.05, 0.1) is 23.3 Å². The second-order valence-electron chi connectivity index (χ2n) is 9.45. The molecule has 3 amide bonds. The van der Waals surface area contributed by atoms with Crippen LogP contribution in [0.25, 0.3) is 11.0 Å². The van der Waals surface area contributed by atoms with Crippen LogP contribution < -0.4 is 15.9 Å². The van der Waals surface area contributed by atoms with Crippen molar-refractivity contribution in [2.75, 3.05) is 44.2 Å². The maximum atomic E-state index is 14.7. The largest absolute Gasteiger partial charge is 0.465 e. The monoisotopic (exact) mass is 488 g/mol. The number of halogens is 1. The number of piperidine rings is 2. The number of anilines is 1. The molecular formula is C23H29FN6O5. The maximum Gasteiger partial charge on any atom is 0.407 e. The van der Waals surface area contributed by atoms with E-state index in [1.54, 1.807) is 11.6 Å². The summed E-state index contributed by atoms with van der Waals surface area (Å²) >= 11 is 0. The summed E-state index contributed by atoms with van der Waals surface area (Å²) < 4.78 is 17.8. The highest BCUT2D eigenvalue weighted by Crippen LogP contribution is 2.31. The van der Waals surface area contributed by atoms with E-state index >= 15 is 0 Å². The van der Waals surface area contributed by atoms with Crippen molar-refractivity contribution in [3.63, 3.8) is 0 Å². The molecule has 3 aliphatic heterocycles. The van der Waals surface area contributed by atoms with E-state index in [0.717, 1.165) is 10.6 Å². The smallest absolute Gasteiger partial charge is 0.407 e. The van der Waals surface area contributed by atoms with Gasteiger partial charge in [0.15, 0.2) is 0 Å². The van der Waals surface area contributed by atoms with E-state index in [0.29, 0.717) is 50.2 Å². The van der Waals surface area contributed by atoms with Crippen LogP contribution >= 0.6 is 0 Å². The van der Waals surface area contributed by atoms with E-state index in [1.807, 2.05) is 18.2 Å². The van der Waals surface area contributed by atoms with Crippen LogP contribution in [0.2, 0.25) is 0 Å². The zero-order chi connectivity index (χ0) is 24.9. The number of fused-ring (bicyclic) bond motifs is 1. The normalized spacial score (nSPS) is 26.3.